The number of esters is 1. The Balaban J connectivity index is 1.62. The maximum atomic E-state index is 11.5. The van der Waals surface area contributed by atoms with Crippen molar-refractivity contribution >= 4 is 5.97 Å². The van der Waals surface area contributed by atoms with Crippen LogP contribution in [0.4, 0.5) is 0 Å². The molecule has 4 aliphatic rings. The molecule has 3 heteroatoms. The van der Waals surface area contributed by atoms with E-state index in [4.69, 9.17) is 4.74 Å². The molecule has 1 atom stereocenters. The van der Waals surface area contributed by atoms with Crippen molar-refractivity contribution in [2.45, 2.75) is 44.6 Å². The predicted molar refractivity (Wildman–Crippen MR) is 56.4 cm³/mol. The molecule has 3 saturated carbocycles. The molecule has 1 saturated heterocycles. The van der Waals surface area contributed by atoms with Crippen molar-refractivity contribution in [3.8, 4) is 0 Å². The Morgan fingerprint density at radius 3 is 2.60 bits per heavy atom. The van der Waals surface area contributed by atoms with E-state index in [9.17, 15) is 4.79 Å². The third-order valence-corrected chi connectivity index (χ3v) is 4.74. The second kappa shape index (κ2) is 2.97. The van der Waals surface area contributed by atoms with Crippen molar-refractivity contribution in [3.05, 3.63) is 0 Å². The summed E-state index contributed by atoms with van der Waals surface area (Å²) in [6.07, 6.45) is 7.19. The van der Waals surface area contributed by atoms with E-state index in [0.717, 1.165) is 25.8 Å². The van der Waals surface area contributed by atoms with Gasteiger partial charge in [-0.1, -0.05) is 6.42 Å². The van der Waals surface area contributed by atoms with E-state index in [0.29, 0.717) is 11.5 Å². The van der Waals surface area contributed by atoms with Gasteiger partial charge in [-0.2, -0.15) is 0 Å². The van der Waals surface area contributed by atoms with Gasteiger partial charge >= 0.3 is 5.97 Å². The van der Waals surface area contributed by atoms with Gasteiger partial charge in [0.1, 0.15) is 0 Å². The zero-order chi connectivity index (χ0) is 10.5. The van der Waals surface area contributed by atoms with E-state index in [1.54, 1.807) is 0 Å². The van der Waals surface area contributed by atoms with Crippen LogP contribution in [-0.4, -0.2) is 25.7 Å². The molecule has 3 nitrogen and oxygen atoms in total. The van der Waals surface area contributed by atoms with Crippen molar-refractivity contribution in [3.63, 3.8) is 0 Å². The number of carbonyl (C=O) groups is 1. The molecule has 1 unspecified atom stereocenters. The highest BCUT2D eigenvalue weighted by atomic mass is 16.5. The van der Waals surface area contributed by atoms with Crippen molar-refractivity contribution in [1.29, 1.82) is 0 Å². The molecule has 84 valence electrons. The zero-order valence-corrected chi connectivity index (χ0v) is 9.34. The molecule has 0 radical (unpaired) electrons. The molecule has 4 fully saturated rings. The SMILES string of the molecule is COC(=O)C12CC(C3CCCCN3)(C1)C2. The van der Waals surface area contributed by atoms with Gasteiger partial charge in [-0.3, -0.25) is 4.79 Å². The lowest BCUT2D eigenvalue weighted by atomic mass is 9.32. The van der Waals surface area contributed by atoms with E-state index in [-0.39, 0.29) is 11.4 Å². The number of nitrogens with one attached hydrogen (secondary N) is 1. The van der Waals surface area contributed by atoms with Crippen molar-refractivity contribution in [1.82, 2.24) is 5.32 Å². The third kappa shape index (κ3) is 1.13. The second-order valence-electron chi connectivity index (χ2n) is 5.67. The summed E-state index contributed by atoms with van der Waals surface area (Å²) in [6, 6.07) is 0.679. The Bertz CT molecular complexity index is 274. The lowest BCUT2D eigenvalue weighted by Gasteiger charge is -2.71. The summed E-state index contributed by atoms with van der Waals surface area (Å²) in [6.45, 7) is 1.16. The van der Waals surface area contributed by atoms with Crippen LogP contribution < -0.4 is 5.32 Å². The van der Waals surface area contributed by atoms with Gasteiger partial charge in [0.25, 0.3) is 0 Å². The van der Waals surface area contributed by atoms with Gasteiger partial charge in [-0.25, -0.2) is 0 Å². The number of rotatable bonds is 2. The van der Waals surface area contributed by atoms with Gasteiger partial charge < -0.3 is 10.1 Å². The lowest BCUT2D eigenvalue weighted by molar-refractivity contribution is -0.237. The predicted octanol–water partition coefficient (Wildman–Crippen LogP) is 1.47. The molecule has 3 aliphatic carbocycles. The molecular formula is C12H19NO2. The Kier molecular flexibility index (Phi) is 1.91. The third-order valence-electron chi connectivity index (χ3n) is 4.74. The normalized spacial score (nSPS) is 47.7. The van der Waals surface area contributed by atoms with Gasteiger partial charge in [0.05, 0.1) is 12.5 Å². The molecule has 0 amide bonds. The van der Waals surface area contributed by atoms with Crippen molar-refractivity contribution in [2.75, 3.05) is 13.7 Å². The van der Waals surface area contributed by atoms with Crippen LogP contribution in [0, 0.1) is 10.8 Å². The van der Waals surface area contributed by atoms with Crippen LogP contribution in [0.1, 0.15) is 38.5 Å². The number of ether oxygens (including phenoxy) is 1. The molecular weight excluding hydrogens is 190 g/mol. The summed E-state index contributed by atoms with van der Waals surface area (Å²) in [5.74, 6) is 0.0279. The topological polar surface area (TPSA) is 38.3 Å². The van der Waals surface area contributed by atoms with Crippen LogP contribution in [0.15, 0.2) is 0 Å². The van der Waals surface area contributed by atoms with Crippen molar-refractivity contribution in [2.24, 2.45) is 10.8 Å². The average Bonchev–Trinajstić information content (AvgIpc) is 2.15. The summed E-state index contributed by atoms with van der Waals surface area (Å²) in [5.41, 5.74) is 0.405. The van der Waals surface area contributed by atoms with E-state index >= 15 is 0 Å². The summed E-state index contributed by atoms with van der Waals surface area (Å²) in [5, 5.41) is 3.62. The summed E-state index contributed by atoms with van der Waals surface area (Å²) in [4.78, 5) is 11.5. The van der Waals surface area contributed by atoms with Crippen LogP contribution in [0.2, 0.25) is 0 Å². The Labute approximate surface area is 90.6 Å². The van der Waals surface area contributed by atoms with Gasteiger partial charge in [-0.05, 0) is 44.1 Å². The highest BCUT2D eigenvalue weighted by Gasteiger charge is 2.74. The maximum Gasteiger partial charge on any atom is 0.311 e. The highest BCUT2D eigenvalue weighted by molar-refractivity contribution is 5.81. The summed E-state index contributed by atoms with van der Waals surface area (Å²) < 4.78 is 4.87. The van der Waals surface area contributed by atoms with Gasteiger partial charge in [-0.15, -0.1) is 0 Å². The molecule has 1 heterocycles. The number of carbonyl (C=O) groups excluding carboxylic acids is 1. The van der Waals surface area contributed by atoms with E-state index < -0.39 is 0 Å². The minimum atomic E-state index is -0.0616. The first-order valence-corrected chi connectivity index (χ1v) is 6.03. The number of methoxy groups -OCH3 is 1. The fourth-order valence-electron chi connectivity index (χ4n) is 4.04. The first kappa shape index (κ1) is 9.64. The van der Waals surface area contributed by atoms with E-state index in [1.807, 2.05) is 0 Å². The van der Waals surface area contributed by atoms with Gasteiger partial charge in [0.2, 0.25) is 0 Å². The first-order valence-electron chi connectivity index (χ1n) is 6.03. The zero-order valence-electron chi connectivity index (χ0n) is 9.34. The van der Waals surface area contributed by atoms with Crippen LogP contribution in [0.5, 0.6) is 0 Å². The second-order valence-corrected chi connectivity index (χ2v) is 5.67. The largest absolute Gasteiger partial charge is 0.469 e. The minimum Gasteiger partial charge on any atom is -0.469 e. The molecule has 1 aliphatic heterocycles. The summed E-state index contributed by atoms with van der Waals surface area (Å²) >= 11 is 0. The van der Waals surface area contributed by atoms with Crippen LogP contribution >= 0.6 is 0 Å². The number of piperidine rings is 1. The van der Waals surface area contributed by atoms with E-state index in [1.165, 1.54) is 26.4 Å². The number of hydrogen-bond acceptors (Lipinski definition) is 3. The molecule has 0 aromatic rings. The fourth-order valence-corrected chi connectivity index (χ4v) is 4.04. The smallest absolute Gasteiger partial charge is 0.311 e. The monoisotopic (exact) mass is 209 g/mol. The van der Waals surface area contributed by atoms with Gasteiger partial charge in [0.15, 0.2) is 0 Å². The molecule has 0 aromatic carbocycles. The van der Waals surface area contributed by atoms with Crippen molar-refractivity contribution < 1.29 is 9.53 Å². The molecule has 2 bridgehead atoms. The minimum absolute atomic E-state index is 0.0279. The quantitative estimate of drug-likeness (QED) is 0.700. The van der Waals surface area contributed by atoms with E-state index in [2.05, 4.69) is 5.32 Å². The van der Waals surface area contributed by atoms with Crippen LogP contribution in [-0.2, 0) is 9.53 Å². The Hall–Kier alpha value is -0.570. The fraction of sp³-hybridized carbons (Fsp3) is 0.917. The molecule has 1 N–H and O–H groups in total. The molecule has 0 aromatic heterocycles. The van der Waals surface area contributed by atoms with Crippen LogP contribution in [0.25, 0.3) is 0 Å². The first-order chi connectivity index (χ1) is 7.21. The van der Waals surface area contributed by atoms with Gasteiger partial charge in [0, 0.05) is 6.04 Å². The standard InChI is InChI=1S/C12H19NO2/c1-15-10(14)12-6-11(7-12,8-12)9-4-2-3-5-13-9/h9,13H,2-8H2,1H3. The number of hydrogen-bond donors (Lipinski definition) is 1. The van der Waals surface area contributed by atoms with Crippen LogP contribution in [0.3, 0.4) is 0 Å². The Morgan fingerprint density at radius 2 is 2.07 bits per heavy atom. The summed E-state index contributed by atoms with van der Waals surface area (Å²) in [7, 11) is 1.51. The average molecular weight is 209 g/mol. The molecule has 15 heavy (non-hydrogen) atoms. The highest BCUT2D eigenvalue weighted by Crippen LogP contribution is 2.75. The molecule has 4 rings (SSSR count). The molecule has 0 spiro atoms. The maximum absolute atomic E-state index is 11.5. The lowest BCUT2D eigenvalue weighted by Crippen LogP contribution is -2.72. The Morgan fingerprint density at radius 1 is 1.33 bits per heavy atom.